The first-order valence-corrected chi connectivity index (χ1v) is 5.52. The van der Waals surface area contributed by atoms with Crippen LogP contribution >= 0.6 is 0 Å². The van der Waals surface area contributed by atoms with Crippen molar-refractivity contribution in [2.24, 2.45) is 0 Å². The molecule has 1 saturated carbocycles. The van der Waals surface area contributed by atoms with Crippen molar-refractivity contribution in [3.05, 3.63) is 18.0 Å². The van der Waals surface area contributed by atoms with Gasteiger partial charge in [0, 0.05) is 24.7 Å². The Balaban J connectivity index is 2.17. The molecule has 0 aromatic carbocycles. The summed E-state index contributed by atoms with van der Waals surface area (Å²) >= 11 is 0. The van der Waals surface area contributed by atoms with E-state index in [0.29, 0.717) is 6.42 Å². The molecule has 0 amide bonds. The van der Waals surface area contributed by atoms with Gasteiger partial charge >= 0.3 is 0 Å². The summed E-state index contributed by atoms with van der Waals surface area (Å²) in [5, 5.41) is 4.16. The number of alkyl halides is 2. The lowest BCUT2D eigenvalue weighted by Crippen LogP contribution is -2.29. The van der Waals surface area contributed by atoms with Crippen LogP contribution in [0.15, 0.2) is 12.3 Å². The number of halogens is 2. The summed E-state index contributed by atoms with van der Waals surface area (Å²) in [4.78, 5) is 0. The molecule has 1 aliphatic carbocycles. The van der Waals surface area contributed by atoms with Gasteiger partial charge in [-0.3, -0.25) is 4.68 Å². The minimum absolute atomic E-state index is 0.0340. The van der Waals surface area contributed by atoms with Gasteiger partial charge in [0.25, 0.3) is 0 Å². The fourth-order valence-electron chi connectivity index (χ4n) is 2.30. The van der Waals surface area contributed by atoms with Crippen molar-refractivity contribution in [3.63, 3.8) is 0 Å². The number of hydrogen-bond donors (Lipinski definition) is 0. The van der Waals surface area contributed by atoms with E-state index in [1.807, 2.05) is 13.0 Å². The van der Waals surface area contributed by atoms with Gasteiger partial charge in [-0.2, -0.15) is 5.10 Å². The van der Waals surface area contributed by atoms with E-state index in [0.717, 1.165) is 18.5 Å². The molecule has 0 bridgehead atoms. The maximum Gasteiger partial charge on any atom is 0.250 e. The van der Waals surface area contributed by atoms with Crippen LogP contribution in [0.5, 0.6) is 0 Å². The van der Waals surface area contributed by atoms with E-state index in [2.05, 4.69) is 5.10 Å². The van der Waals surface area contributed by atoms with Gasteiger partial charge in [0.1, 0.15) is 0 Å². The number of nitrogens with zero attached hydrogens (tertiary/aromatic N) is 2. The highest BCUT2D eigenvalue weighted by Gasteiger charge is 2.37. The van der Waals surface area contributed by atoms with Gasteiger partial charge in [-0.05, 0) is 25.3 Å². The molecule has 1 atom stereocenters. The first kappa shape index (κ1) is 10.6. The molecule has 1 aromatic rings. The van der Waals surface area contributed by atoms with Gasteiger partial charge in [-0.1, -0.05) is 6.92 Å². The summed E-state index contributed by atoms with van der Waals surface area (Å²) in [5.41, 5.74) is 1.05. The SMILES string of the molecule is CCc1ccnn1C1CCCC(F)(F)C1. The molecule has 1 heterocycles. The molecule has 4 heteroatoms. The minimum Gasteiger partial charge on any atom is -0.266 e. The molecule has 0 aliphatic heterocycles. The molecule has 1 aromatic heterocycles. The van der Waals surface area contributed by atoms with Crippen molar-refractivity contribution in [2.75, 3.05) is 0 Å². The number of aryl methyl sites for hydroxylation is 1. The molecule has 0 spiro atoms. The molecular formula is C11H16F2N2. The van der Waals surface area contributed by atoms with Crippen LogP contribution in [0.1, 0.15) is 44.3 Å². The Morgan fingerprint density at radius 2 is 2.40 bits per heavy atom. The zero-order chi connectivity index (χ0) is 10.9. The van der Waals surface area contributed by atoms with Gasteiger partial charge in [-0.25, -0.2) is 8.78 Å². The van der Waals surface area contributed by atoms with Crippen LogP contribution < -0.4 is 0 Å². The van der Waals surface area contributed by atoms with Crippen LogP contribution in [0.2, 0.25) is 0 Å². The zero-order valence-corrected chi connectivity index (χ0v) is 8.92. The van der Waals surface area contributed by atoms with E-state index in [9.17, 15) is 8.78 Å². The molecule has 0 saturated heterocycles. The third kappa shape index (κ3) is 2.19. The van der Waals surface area contributed by atoms with Crippen LogP contribution in [-0.4, -0.2) is 15.7 Å². The second-order valence-corrected chi connectivity index (χ2v) is 4.23. The highest BCUT2D eigenvalue weighted by Crippen LogP contribution is 2.39. The third-order valence-electron chi connectivity index (χ3n) is 3.07. The molecule has 84 valence electrons. The Morgan fingerprint density at radius 1 is 1.60 bits per heavy atom. The molecule has 1 aliphatic rings. The van der Waals surface area contributed by atoms with E-state index < -0.39 is 5.92 Å². The van der Waals surface area contributed by atoms with Crippen molar-refractivity contribution in [2.45, 2.75) is 51.0 Å². The molecule has 2 nitrogen and oxygen atoms in total. The maximum absolute atomic E-state index is 13.2. The van der Waals surface area contributed by atoms with Crippen LogP contribution in [0.3, 0.4) is 0 Å². The summed E-state index contributed by atoms with van der Waals surface area (Å²) < 4.78 is 28.3. The maximum atomic E-state index is 13.2. The largest absolute Gasteiger partial charge is 0.266 e. The van der Waals surface area contributed by atoms with Gasteiger partial charge in [0.2, 0.25) is 5.92 Å². The molecule has 0 N–H and O–H groups in total. The standard InChI is InChI=1S/C11H16F2N2/c1-2-9-5-7-14-15(9)10-4-3-6-11(12,13)8-10/h5,7,10H,2-4,6,8H2,1H3. The van der Waals surface area contributed by atoms with Crippen LogP contribution in [0.25, 0.3) is 0 Å². The normalized spacial score (nSPS) is 25.4. The van der Waals surface area contributed by atoms with Crippen molar-refractivity contribution >= 4 is 0 Å². The van der Waals surface area contributed by atoms with E-state index in [1.165, 1.54) is 0 Å². The lowest BCUT2D eigenvalue weighted by atomic mass is 9.92. The Hall–Kier alpha value is -0.930. The van der Waals surface area contributed by atoms with Crippen molar-refractivity contribution < 1.29 is 8.78 Å². The zero-order valence-electron chi connectivity index (χ0n) is 8.92. The summed E-state index contributed by atoms with van der Waals surface area (Å²) in [6.07, 6.45) is 3.95. The number of hydrogen-bond acceptors (Lipinski definition) is 1. The average Bonchev–Trinajstić information content (AvgIpc) is 2.63. The highest BCUT2D eigenvalue weighted by atomic mass is 19.3. The molecule has 0 radical (unpaired) electrons. The lowest BCUT2D eigenvalue weighted by molar-refractivity contribution is -0.0515. The second-order valence-electron chi connectivity index (χ2n) is 4.23. The van der Waals surface area contributed by atoms with E-state index in [4.69, 9.17) is 0 Å². The Morgan fingerprint density at radius 3 is 3.07 bits per heavy atom. The molecule has 1 unspecified atom stereocenters. The first-order chi connectivity index (χ1) is 7.12. The molecular weight excluding hydrogens is 198 g/mol. The van der Waals surface area contributed by atoms with Crippen molar-refractivity contribution in [1.82, 2.24) is 9.78 Å². The van der Waals surface area contributed by atoms with E-state index in [1.54, 1.807) is 10.9 Å². The van der Waals surface area contributed by atoms with Gasteiger partial charge in [0.15, 0.2) is 0 Å². The highest BCUT2D eigenvalue weighted by molar-refractivity contribution is 5.02. The molecule has 2 rings (SSSR count). The Kier molecular flexibility index (Phi) is 2.76. The quantitative estimate of drug-likeness (QED) is 0.739. The predicted octanol–water partition coefficient (Wildman–Crippen LogP) is 3.20. The summed E-state index contributed by atoms with van der Waals surface area (Å²) in [7, 11) is 0. The summed E-state index contributed by atoms with van der Waals surface area (Å²) in [5.74, 6) is -2.50. The van der Waals surface area contributed by atoms with E-state index in [-0.39, 0.29) is 18.9 Å². The van der Waals surface area contributed by atoms with Crippen molar-refractivity contribution in [1.29, 1.82) is 0 Å². The molecule has 1 fully saturated rings. The number of rotatable bonds is 2. The fourth-order valence-corrected chi connectivity index (χ4v) is 2.30. The Bertz CT molecular complexity index is 333. The number of aromatic nitrogens is 2. The van der Waals surface area contributed by atoms with Crippen LogP contribution in [0.4, 0.5) is 8.78 Å². The Labute approximate surface area is 88.3 Å². The predicted molar refractivity (Wildman–Crippen MR) is 54.1 cm³/mol. The van der Waals surface area contributed by atoms with Gasteiger partial charge in [0.05, 0.1) is 6.04 Å². The van der Waals surface area contributed by atoms with E-state index >= 15 is 0 Å². The second kappa shape index (κ2) is 3.91. The topological polar surface area (TPSA) is 17.8 Å². The lowest BCUT2D eigenvalue weighted by Gasteiger charge is -2.30. The first-order valence-electron chi connectivity index (χ1n) is 5.52. The smallest absolute Gasteiger partial charge is 0.250 e. The van der Waals surface area contributed by atoms with Gasteiger partial charge in [-0.15, -0.1) is 0 Å². The summed E-state index contributed by atoms with van der Waals surface area (Å²) in [6.45, 7) is 2.02. The molecule has 15 heavy (non-hydrogen) atoms. The van der Waals surface area contributed by atoms with Crippen LogP contribution in [0, 0.1) is 0 Å². The average molecular weight is 214 g/mol. The monoisotopic (exact) mass is 214 g/mol. The van der Waals surface area contributed by atoms with Crippen LogP contribution in [-0.2, 0) is 6.42 Å². The minimum atomic E-state index is -2.50. The fraction of sp³-hybridized carbons (Fsp3) is 0.727. The van der Waals surface area contributed by atoms with Gasteiger partial charge < -0.3 is 0 Å². The third-order valence-corrected chi connectivity index (χ3v) is 3.07. The summed E-state index contributed by atoms with van der Waals surface area (Å²) in [6, 6.07) is 1.80. The van der Waals surface area contributed by atoms with Crippen molar-refractivity contribution in [3.8, 4) is 0 Å².